The molecule has 0 saturated carbocycles. The van der Waals surface area contributed by atoms with Gasteiger partial charge in [0.1, 0.15) is 6.61 Å². The Labute approximate surface area is 69.5 Å². The van der Waals surface area contributed by atoms with E-state index >= 15 is 0 Å². The topological polar surface area (TPSA) is 12.5 Å². The lowest BCUT2D eigenvalue weighted by Gasteiger charge is -2.16. The molecular weight excluding hydrogens is 138 g/mol. The number of ether oxygens (including phenoxy) is 1. The summed E-state index contributed by atoms with van der Waals surface area (Å²) in [6.07, 6.45) is 5.02. The van der Waals surface area contributed by atoms with Gasteiger partial charge in [0.25, 0.3) is 0 Å². The van der Waals surface area contributed by atoms with Crippen molar-refractivity contribution >= 4 is 0 Å². The molecule has 0 bridgehead atoms. The second-order valence-corrected chi connectivity index (χ2v) is 2.28. The molecule has 0 aromatic heterocycles. The first-order chi connectivity index (χ1) is 5.35. The molecule has 0 aromatic rings. The van der Waals surface area contributed by atoms with E-state index in [0.29, 0.717) is 6.61 Å². The Bertz CT molecular complexity index is 113. The number of likely N-dealkylation sites (N-methyl/N-ethyl adjacent to an activating group) is 1. The Balaban J connectivity index is 3.16. The van der Waals surface area contributed by atoms with Crippen LogP contribution in [0.25, 0.3) is 0 Å². The Morgan fingerprint density at radius 3 is 2.45 bits per heavy atom. The molecule has 0 aliphatic rings. The lowest BCUT2D eigenvalue weighted by atomic mass is 10.5. The van der Waals surface area contributed by atoms with Crippen LogP contribution < -0.4 is 0 Å². The van der Waals surface area contributed by atoms with E-state index in [0.717, 1.165) is 26.2 Å². The van der Waals surface area contributed by atoms with Crippen molar-refractivity contribution in [1.29, 1.82) is 0 Å². The Kier molecular flexibility index (Phi) is 7.23. The summed E-state index contributed by atoms with van der Waals surface area (Å²) in [5, 5.41) is 0. The van der Waals surface area contributed by atoms with Crippen LogP contribution in [0.4, 0.5) is 0 Å². The second-order valence-electron chi connectivity index (χ2n) is 2.28. The zero-order chi connectivity index (χ0) is 8.53. The third kappa shape index (κ3) is 5.90. The quantitative estimate of drug-likeness (QED) is 0.419. The number of nitrogens with zero attached hydrogens (tertiary/aromatic N) is 1. The second kappa shape index (κ2) is 7.59. The first kappa shape index (κ1) is 10.5. The van der Waals surface area contributed by atoms with Crippen LogP contribution in [0.5, 0.6) is 0 Å². The predicted octanol–water partition coefficient (Wildman–Crippen LogP) is 0.978. The third-order valence-corrected chi connectivity index (χ3v) is 1.63. The maximum Gasteiger partial charge on any atom is 0.107 e. The summed E-state index contributed by atoms with van der Waals surface area (Å²) in [7, 11) is 0. The Hall–Kier alpha value is -0.520. The summed E-state index contributed by atoms with van der Waals surface area (Å²) < 4.78 is 5.14. The van der Waals surface area contributed by atoms with E-state index in [4.69, 9.17) is 11.2 Å². The third-order valence-electron chi connectivity index (χ3n) is 1.63. The molecule has 0 amide bonds. The van der Waals surface area contributed by atoms with Gasteiger partial charge in [0.05, 0.1) is 6.61 Å². The number of hydrogen-bond donors (Lipinski definition) is 0. The lowest BCUT2D eigenvalue weighted by molar-refractivity contribution is 0.132. The van der Waals surface area contributed by atoms with Crippen molar-refractivity contribution in [3.05, 3.63) is 0 Å². The predicted molar refractivity (Wildman–Crippen MR) is 47.4 cm³/mol. The molecule has 0 radical (unpaired) electrons. The van der Waals surface area contributed by atoms with Crippen molar-refractivity contribution in [3.63, 3.8) is 0 Å². The van der Waals surface area contributed by atoms with Crippen molar-refractivity contribution in [2.24, 2.45) is 0 Å². The molecule has 0 saturated heterocycles. The monoisotopic (exact) mass is 155 g/mol. The molecule has 0 unspecified atom stereocenters. The molecule has 0 fully saturated rings. The molecule has 0 N–H and O–H groups in total. The minimum absolute atomic E-state index is 0.432. The average Bonchev–Trinajstić information content (AvgIpc) is 2.05. The zero-order valence-electron chi connectivity index (χ0n) is 7.47. The fourth-order valence-electron chi connectivity index (χ4n) is 0.865. The van der Waals surface area contributed by atoms with Crippen molar-refractivity contribution in [2.75, 3.05) is 32.8 Å². The van der Waals surface area contributed by atoms with Gasteiger partial charge in [-0.1, -0.05) is 19.8 Å². The normalized spacial score (nSPS) is 10.0. The smallest absolute Gasteiger partial charge is 0.107 e. The first-order valence-corrected chi connectivity index (χ1v) is 4.08. The van der Waals surface area contributed by atoms with Crippen molar-refractivity contribution in [1.82, 2.24) is 4.90 Å². The molecule has 2 heteroatoms. The molecule has 0 spiro atoms. The van der Waals surface area contributed by atoms with Gasteiger partial charge in [-0.15, -0.1) is 6.42 Å². The van der Waals surface area contributed by atoms with Crippen LogP contribution in [-0.2, 0) is 4.74 Å². The summed E-state index contributed by atoms with van der Waals surface area (Å²) >= 11 is 0. The first-order valence-electron chi connectivity index (χ1n) is 4.08. The summed E-state index contributed by atoms with van der Waals surface area (Å²) in [6.45, 7) is 8.60. The highest BCUT2D eigenvalue weighted by Gasteiger charge is 1.96. The molecule has 64 valence electrons. The van der Waals surface area contributed by atoms with Crippen LogP contribution in [0.2, 0.25) is 0 Å². The maximum atomic E-state index is 5.14. The number of rotatable bonds is 6. The van der Waals surface area contributed by atoms with Crippen LogP contribution >= 0.6 is 0 Å². The van der Waals surface area contributed by atoms with E-state index in [2.05, 4.69) is 24.7 Å². The van der Waals surface area contributed by atoms with E-state index in [1.807, 2.05) is 0 Å². The standard InChI is InChI=1S/C9H17NO/c1-4-8-11-9-7-10(5-2)6-3/h1H,5-9H2,2-3H3. The van der Waals surface area contributed by atoms with E-state index < -0.39 is 0 Å². The van der Waals surface area contributed by atoms with Gasteiger partial charge in [0.2, 0.25) is 0 Å². The van der Waals surface area contributed by atoms with Crippen LogP contribution in [-0.4, -0.2) is 37.7 Å². The Morgan fingerprint density at radius 1 is 1.36 bits per heavy atom. The number of hydrogen-bond acceptors (Lipinski definition) is 2. The summed E-state index contributed by atoms with van der Waals surface area (Å²) in [5.74, 6) is 2.44. The summed E-state index contributed by atoms with van der Waals surface area (Å²) in [4.78, 5) is 2.30. The molecular formula is C9H17NO. The van der Waals surface area contributed by atoms with Gasteiger partial charge in [-0.25, -0.2) is 0 Å². The van der Waals surface area contributed by atoms with E-state index in [9.17, 15) is 0 Å². The average molecular weight is 155 g/mol. The van der Waals surface area contributed by atoms with Gasteiger partial charge in [0, 0.05) is 6.54 Å². The maximum absolute atomic E-state index is 5.14. The fraction of sp³-hybridized carbons (Fsp3) is 0.778. The lowest BCUT2D eigenvalue weighted by Crippen LogP contribution is -2.27. The highest BCUT2D eigenvalue weighted by molar-refractivity contribution is 4.82. The van der Waals surface area contributed by atoms with Crippen LogP contribution in [0.1, 0.15) is 13.8 Å². The largest absolute Gasteiger partial charge is 0.367 e. The van der Waals surface area contributed by atoms with Crippen LogP contribution in [0.15, 0.2) is 0 Å². The summed E-state index contributed by atoms with van der Waals surface area (Å²) in [6, 6.07) is 0. The van der Waals surface area contributed by atoms with Crippen molar-refractivity contribution in [2.45, 2.75) is 13.8 Å². The molecule has 11 heavy (non-hydrogen) atoms. The van der Waals surface area contributed by atoms with Gasteiger partial charge in [-0.2, -0.15) is 0 Å². The van der Waals surface area contributed by atoms with Crippen molar-refractivity contribution in [3.8, 4) is 12.3 Å². The van der Waals surface area contributed by atoms with Gasteiger partial charge < -0.3 is 9.64 Å². The van der Waals surface area contributed by atoms with Crippen LogP contribution in [0, 0.1) is 12.3 Å². The fourth-order valence-corrected chi connectivity index (χ4v) is 0.865. The molecule has 0 aliphatic heterocycles. The van der Waals surface area contributed by atoms with Crippen LogP contribution in [0.3, 0.4) is 0 Å². The Morgan fingerprint density at radius 2 is 2.00 bits per heavy atom. The van der Waals surface area contributed by atoms with Gasteiger partial charge in [-0.3, -0.25) is 0 Å². The highest BCUT2D eigenvalue weighted by Crippen LogP contribution is 1.85. The minimum Gasteiger partial charge on any atom is -0.367 e. The SMILES string of the molecule is C#CCOCCN(CC)CC. The molecule has 0 aromatic carbocycles. The summed E-state index contributed by atoms with van der Waals surface area (Å²) in [5.41, 5.74) is 0. The van der Waals surface area contributed by atoms with Gasteiger partial charge in [0.15, 0.2) is 0 Å². The highest BCUT2D eigenvalue weighted by atomic mass is 16.5. The zero-order valence-corrected chi connectivity index (χ0v) is 7.47. The molecule has 2 nitrogen and oxygen atoms in total. The van der Waals surface area contributed by atoms with E-state index in [1.165, 1.54) is 0 Å². The van der Waals surface area contributed by atoms with Gasteiger partial charge >= 0.3 is 0 Å². The molecule has 0 heterocycles. The molecule has 0 atom stereocenters. The number of terminal acetylenes is 1. The molecule has 0 rings (SSSR count). The van der Waals surface area contributed by atoms with E-state index in [-0.39, 0.29) is 0 Å². The van der Waals surface area contributed by atoms with E-state index in [1.54, 1.807) is 0 Å². The van der Waals surface area contributed by atoms with Crippen molar-refractivity contribution < 1.29 is 4.74 Å². The minimum atomic E-state index is 0.432. The van der Waals surface area contributed by atoms with Gasteiger partial charge in [-0.05, 0) is 13.1 Å². The molecule has 0 aliphatic carbocycles.